The van der Waals surface area contributed by atoms with Crippen LogP contribution in [0.5, 0.6) is 0 Å². The normalized spacial score (nSPS) is 25.3. The molecule has 0 saturated carbocycles. The maximum absolute atomic E-state index is 11.4. The molecule has 1 aliphatic heterocycles. The highest BCUT2D eigenvalue weighted by atomic mass is 16.1. The average Bonchev–Trinajstić information content (AvgIpc) is 2.14. The van der Waals surface area contributed by atoms with Gasteiger partial charge in [0.05, 0.1) is 6.04 Å². The van der Waals surface area contributed by atoms with E-state index in [0.29, 0.717) is 6.42 Å². The van der Waals surface area contributed by atoms with Crippen molar-refractivity contribution in [1.29, 1.82) is 0 Å². The molecule has 0 bridgehead atoms. The summed E-state index contributed by atoms with van der Waals surface area (Å²) in [7, 11) is 0. The lowest BCUT2D eigenvalue weighted by Gasteiger charge is -2.28. The second-order valence-corrected chi connectivity index (χ2v) is 4.74. The van der Waals surface area contributed by atoms with Crippen molar-refractivity contribution >= 4 is 5.91 Å². The van der Waals surface area contributed by atoms with E-state index in [0.717, 1.165) is 6.42 Å². The number of aryl methyl sites for hydroxylation is 2. The molecule has 1 saturated heterocycles. The first-order valence-electron chi connectivity index (χ1n) is 5.68. The Morgan fingerprint density at radius 2 is 1.88 bits per heavy atom. The van der Waals surface area contributed by atoms with Crippen LogP contribution in [0.1, 0.15) is 35.6 Å². The number of piperidine rings is 1. The lowest BCUT2D eigenvalue weighted by molar-refractivity contribution is -0.123. The second kappa shape index (κ2) is 4.26. The van der Waals surface area contributed by atoms with Crippen molar-refractivity contribution < 1.29 is 4.79 Å². The SMILES string of the molecule is Cc1cc(C)cc(C2CC(N)CC(=O)N2)c1. The van der Waals surface area contributed by atoms with Gasteiger partial charge in [-0.25, -0.2) is 0 Å². The van der Waals surface area contributed by atoms with Crippen molar-refractivity contribution in [1.82, 2.24) is 5.32 Å². The lowest BCUT2D eigenvalue weighted by Crippen LogP contribution is -2.42. The molecule has 3 heteroatoms. The minimum absolute atomic E-state index is 0.0143. The molecule has 2 unspecified atom stereocenters. The summed E-state index contributed by atoms with van der Waals surface area (Å²) in [5.74, 6) is 0.0582. The molecule has 3 nitrogen and oxygen atoms in total. The lowest BCUT2D eigenvalue weighted by atomic mass is 9.92. The molecule has 2 rings (SSSR count). The van der Waals surface area contributed by atoms with E-state index < -0.39 is 0 Å². The Balaban J connectivity index is 2.25. The Labute approximate surface area is 96.0 Å². The van der Waals surface area contributed by atoms with Gasteiger partial charge in [0.1, 0.15) is 0 Å². The molecule has 1 aromatic rings. The van der Waals surface area contributed by atoms with Gasteiger partial charge >= 0.3 is 0 Å². The van der Waals surface area contributed by atoms with Crippen LogP contribution < -0.4 is 11.1 Å². The molecule has 0 spiro atoms. The smallest absolute Gasteiger partial charge is 0.222 e. The first kappa shape index (κ1) is 11.1. The monoisotopic (exact) mass is 218 g/mol. The number of hydrogen-bond donors (Lipinski definition) is 2. The fourth-order valence-corrected chi connectivity index (χ4v) is 2.37. The second-order valence-electron chi connectivity index (χ2n) is 4.74. The number of nitrogens with one attached hydrogen (secondary N) is 1. The molecule has 0 aromatic heterocycles. The molecular formula is C13H18N2O. The van der Waals surface area contributed by atoms with Crippen molar-refractivity contribution in [3.8, 4) is 0 Å². The van der Waals surface area contributed by atoms with Crippen LogP contribution in [0.25, 0.3) is 0 Å². The minimum atomic E-state index is -0.0143. The van der Waals surface area contributed by atoms with E-state index in [1.807, 2.05) is 0 Å². The van der Waals surface area contributed by atoms with E-state index >= 15 is 0 Å². The first-order valence-corrected chi connectivity index (χ1v) is 5.68. The number of carbonyl (C=O) groups excluding carboxylic acids is 1. The molecule has 0 radical (unpaired) electrons. The fraction of sp³-hybridized carbons (Fsp3) is 0.462. The van der Waals surface area contributed by atoms with Gasteiger partial charge in [-0.05, 0) is 25.8 Å². The summed E-state index contributed by atoms with van der Waals surface area (Å²) >= 11 is 0. The number of amides is 1. The maximum Gasteiger partial charge on any atom is 0.222 e. The summed E-state index contributed by atoms with van der Waals surface area (Å²) in [5, 5.41) is 3.00. The van der Waals surface area contributed by atoms with E-state index in [9.17, 15) is 4.79 Å². The number of benzene rings is 1. The molecule has 2 atom stereocenters. The molecule has 1 aromatic carbocycles. The molecule has 86 valence electrons. The topological polar surface area (TPSA) is 55.1 Å². The van der Waals surface area contributed by atoms with Gasteiger partial charge in [-0.1, -0.05) is 29.3 Å². The molecule has 3 N–H and O–H groups in total. The van der Waals surface area contributed by atoms with E-state index in [4.69, 9.17) is 5.73 Å². The quantitative estimate of drug-likeness (QED) is 0.752. The van der Waals surface area contributed by atoms with Crippen LogP contribution in [0.3, 0.4) is 0 Å². The zero-order valence-electron chi connectivity index (χ0n) is 9.79. The third-order valence-corrected chi connectivity index (χ3v) is 2.97. The van der Waals surface area contributed by atoms with Gasteiger partial charge in [0, 0.05) is 12.5 Å². The van der Waals surface area contributed by atoms with Gasteiger partial charge < -0.3 is 11.1 Å². The van der Waals surface area contributed by atoms with Crippen LogP contribution in [0, 0.1) is 13.8 Å². The van der Waals surface area contributed by atoms with Gasteiger partial charge in [0.25, 0.3) is 0 Å². The summed E-state index contributed by atoms with van der Waals surface area (Å²) in [6.07, 6.45) is 1.27. The summed E-state index contributed by atoms with van der Waals surface area (Å²) in [4.78, 5) is 11.4. The van der Waals surface area contributed by atoms with Crippen LogP contribution in [-0.4, -0.2) is 11.9 Å². The van der Waals surface area contributed by atoms with Gasteiger partial charge in [-0.15, -0.1) is 0 Å². The Bertz CT molecular complexity index is 394. The number of hydrogen-bond acceptors (Lipinski definition) is 2. The highest BCUT2D eigenvalue weighted by Crippen LogP contribution is 2.24. The van der Waals surface area contributed by atoms with Crippen LogP contribution >= 0.6 is 0 Å². The van der Waals surface area contributed by atoms with Crippen LogP contribution in [0.2, 0.25) is 0 Å². The van der Waals surface area contributed by atoms with E-state index in [-0.39, 0.29) is 18.0 Å². The Kier molecular flexibility index (Phi) is 2.97. The summed E-state index contributed by atoms with van der Waals surface area (Å²) in [6.45, 7) is 4.14. The first-order chi connectivity index (χ1) is 7.54. The molecular weight excluding hydrogens is 200 g/mol. The van der Waals surface area contributed by atoms with Gasteiger partial charge in [-0.3, -0.25) is 4.79 Å². The maximum atomic E-state index is 11.4. The van der Waals surface area contributed by atoms with E-state index in [1.165, 1.54) is 16.7 Å². The van der Waals surface area contributed by atoms with Gasteiger partial charge in [0.2, 0.25) is 5.91 Å². The zero-order chi connectivity index (χ0) is 11.7. The van der Waals surface area contributed by atoms with Crippen molar-refractivity contribution in [2.75, 3.05) is 0 Å². The summed E-state index contributed by atoms with van der Waals surface area (Å²) in [5.41, 5.74) is 9.49. The third-order valence-electron chi connectivity index (χ3n) is 2.97. The Morgan fingerprint density at radius 3 is 2.44 bits per heavy atom. The van der Waals surface area contributed by atoms with Crippen molar-refractivity contribution in [2.24, 2.45) is 5.73 Å². The summed E-state index contributed by atoms with van der Waals surface area (Å²) in [6, 6.07) is 6.44. The fourth-order valence-electron chi connectivity index (χ4n) is 2.37. The standard InChI is InChI=1S/C13H18N2O/c1-8-3-9(2)5-10(4-8)12-6-11(14)7-13(16)15-12/h3-5,11-12H,6-7,14H2,1-2H3,(H,15,16). The van der Waals surface area contributed by atoms with Crippen molar-refractivity contribution in [3.05, 3.63) is 34.9 Å². The van der Waals surface area contributed by atoms with Crippen LogP contribution in [0.4, 0.5) is 0 Å². The highest BCUT2D eigenvalue weighted by molar-refractivity contribution is 5.78. The predicted octanol–water partition coefficient (Wildman–Crippen LogP) is 1.58. The molecule has 1 fully saturated rings. The predicted molar refractivity (Wildman–Crippen MR) is 64.0 cm³/mol. The molecule has 1 heterocycles. The Hall–Kier alpha value is -1.35. The van der Waals surface area contributed by atoms with Gasteiger partial charge in [-0.2, -0.15) is 0 Å². The number of nitrogens with two attached hydrogens (primary N) is 1. The zero-order valence-corrected chi connectivity index (χ0v) is 9.79. The van der Waals surface area contributed by atoms with E-state index in [2.05, 4.69) is 37.4 Å². The number of carbonyl (C=O) groups is 1. The average molecular weight is 218 g/mol. The Morgan fingerprint density at radius 1 is 1.25 bits per heavy atom. The molecule has 16 heavy (non-hydrogen) atoms. The summed E-state index contributed by atoms with van der Waals surface area (Å²) < 4.78 is 0. The van der Waals surface area contributed by atoms with Crippen molar-refractivity contribution in [3.63, 3.8) is 0 Å². The largest absolute Gasteiger partial charge is 0.349 e. The van der Waals surface area contributed by atoms with Gasteiger partial charge in [0.15, 0.2) is 0 Å². The minimum Gasteiger partial charge on any atom is -0.349 e. The molecule has 1 aliphatic rings. The molecule has 0 aliphatic carbocycles. The molecule has 1 amide bonds. The van der Waals surface area contributed by atoms with Crippen molar-refractivity contribution in [2.45, 2.75) is 38.8 Å². The number of rotatable bonds is 1. The highest BCUT2D eigenvalue weighted by Gasteiger charge is 2.25. The van der Waals surface area contributed by atoms with Crippen LogP contribution in [0.15, 0.2) is 18.2 Å². The van der Waals surface area contributed by atoms with Crippen LogP contribution in [-0.2, 0) is 4.79 Å². The van der Waals surface area contributed by atoms with E-state index in [1.54, 1.807) is 0 Å². The third kappa shape index (κ3) is 2.42.